The van der Waals surface area contributed by atoms with Crippen molar-refractivity contribution in [2.45, 2.75) is 52.4 Å². The zero-order valence-corrected chi connectivity index (χ0v) is 33.9. The van der Waals surface area contributed by atoms with E-state index in [1.54, 1.807) is 0 Å². The lowest BCUT2D eigenvalue weighted by Crippen LogP contribution is -2.10. The molecule has 0 aliphatic carbocycles. The first kappa shape index (κ1) is 36.1. The van der Waals surface area contributed by atoms with E-state index in [-0.39, 0.29) is 10.8 Å². The number of anilines is 3. The molecule has 7 aromatic carbocycles. The van der Waals surface area contributed by atoms with Crippen LogP contribution in [0.4, 0.5) is 17.1 Å². The number of aromatic nitrogens is 3. The van der Waals surface area contributed by atoms with Crippen LogP contribution in [-0.4, -0.2) is 13.3 Å². The fourth-order valence-electron chi connectivity index (χ4n) is 7.84. The minimum Gasteiger partial charge on any atom is -0.309 e. The minimum absolute atomic E-state index is 0.0488. The Hall–Kier alpha value is -6.55. The van der Waals surface area contributed by atoms with E-state index in [1.807, 2.05) is 30.3 Å². The number of hydrogen-bond acceptors (Lipinski definition) is 5. The summed E-state index contributed by atoms with van der Waals surface area (Å²) in [6.07, 6.45) is 0. The van der Waals surface area contributed by atoms with Gasteiger partial charge in [-0.2, -0.15) is 14.0 Å². The number of para-hydroxylation sites is 1. The molecule has 2 heterocycles. The molecule has 0 unspecified atom stereocenters. The van der Waals surface area contributed by atoms with Crippen molar-refractivity contribution in [1.29, 1.82) is 5.26 Å². The summed E-state index contributed by atoms with van der Waals surface area (Å²) >= 11 is 1.24. The van der Waals surface area contributed by atoms with Crippen LogP contribution in [0, 0.1) is 11.3 Å². The summed E-state index contributed by atoms with van der Waals surface area (Å²) in [7, 11) is 0. The zero-order chi connectivity index (χ0) is 39.5. The Morgan fingerprint density at radius 3 is 1.63 bits per heavy atom. The number of nitrogens with zero attached hydrogens (tertiary/aromatic N) is 5. The van der Waals surface area contributed by atoms with Gasteiger partial charge in [-0.3, -0.25) is 0 Å². The standard InChI is InChI=1S/C51H43N5S/c1-50(2,3)37-20-27-45-43(30-37)44-31-38(51(4,5)6)21-28-46(44)56(45)41-24-18-36(19-25-41)42-26-29-47(49-48(42)53-57-54-49)55(39-10-8-7-9-11-39)40-22-16-35(17-23-40)34-14-12-33(32-52)13-15-34/h7-31H,1-6H3. The van der Waals surface area contributed by atoms with Crippen LogP contribution in [0.25, 0.3) is 60.8 Å². The molecule has 57 heavy (non-hydrogen) atoms. The van der Waals surface area contributed by atoms with Crippen LogP contribution in [0.1, 0.15) is 58.2 Å². The SMILES string of the molecule is CC(C)(C)c1ccc2c(c1)c1cc(C(C)(C)C)ccc1n2-c1ccc(-c2ccc(N(c3ccccc3)c3ccc(-c4ccc(C#N)cc4)cc3)c3nsnc23)cc1. The van der Waals surface area contributed by atoms with Gasteiger partial charge in [0.05, 0.1) is 40.1 Å². The smallest absolute Gasteiger partial charge is 0.129 e. The van der Waals surface area contributed by atoms with E-state index in [9.17, 15) is 5.26 Å². The number of fused-ring (bicyclic) bond motifs is 4. The van der Waals surface area contributed by atoms with Crippen LogP contribution in [0.15, 0.2) is 152 Å². The average molecular weight is 758 g/mol. The van der Waals surface area contributed by atoms with Gasteiger partial charge in [-0.15, -0.1) is 0 Å². The van der Waals surface area contributed by atoms with E-state index in [4.69, 9.17) is 8.75 Å². The molecule has 6 heteroatoms. The van der Waals surface area contributed by atoms with Crippen molar-refractivity contribution in [3.63, 3.8) is 0 Å². The van der Waals surface area contributed by atoms with E-state index in [1.165, 1.54) is 44.7 Å². The first-order valence-corrected chi connectivity index (χ1v) is 20.1. The highest BCUT2D eigenvalue weighted by Crippen LogP contribution is 2.43. The van der Waals surface area contributed by atoms with Gasteiger partial charge < -0.3 is 9.47 Å². The number of nitriles is 1. The highest BCUT2D eigenvalue weighted by molar-refractivity contribution is 7.00. The third-order valence-electron chi connectivity index (χ3n) is 11.1. The fourth-order valence-corrected chi connectivity index (χ4v) is 8.40. The van der Waals surface area contributed by atoms with Gasteiger partial charge in [0, 0.05) is 33.4 Å². The van der Waals surface area contributed by atoms with Gasteiger partial charge in [0.25, 0.3) is 0 Å². The lowest BCUT2D eigenvalue weighted by Gasteiger charge is -2.26. The van der Waals surface area contributed by atoms with Crippen LogP contribution >= 0.6 is 11.7 Å². The summed E-state index contributed by atoms with van der Waals surface area (Å²) in [6, 6.07) is 56.0. The summed E-state index contributed by atoms with van der Waals surface area (Å²) < 4.78 is 12.2. The molecule has 0 saturated carbocycles. The fraction of sp³-hybridized carbons (Fsp3) is 0.157. The molecular formula is C51H43N5S. The minimum atomic E-state index is 0.0488. The Morgan fingerprint density at radius 2 is 1.07 bits per heavy atom. The molecule has 9 rings (SSSR count). The molecular weight excluding hydrogens is 715 g/mol. The Labute approximate surface area is 338 Å². The van der Waals surface area contributed by atoms with Crippen LogP contribution in [0.3, 0.4) is 0 Å². The van der Waals surface area contributed by atoms with E-state index < -0.39 is 0 Å². The summed E-state index contributed by atoms with van der Waals surface area (Å²) in [5.74, 6) is 0. The van der Waals surface area contributed by atoms with Gasteiger partial charge in [0.15, 0.2) is 0 Å². The third-order valence-corrected chi connectivity index (χ3v) is 11.6. The lowest BCUT2D eigenvalue weighted by atomic mass is 9.85. The Balaban J connectivity index is 1.11. The first-order chi connectivity index (χ1) is 27.5. The molecule has 9 aromatic rings. The Morgan fingerprint density at radius 1 is 0.544 bits per heavy atom. The third kappa shape index (κ3) is 6.54. The summed E-state index contributed by atoms with van der Waals surface area (Å²) in [5, 5.41) is 11.8. The van der Waals surface area contributed by atoms with E-state index in [0.717, 1.165) is 56.0 Å². The predicted molar refractivity (Wildman–Crippen MR) is 239 cm³/mol. The molecule has 0 N–H and O–H groups in total. The number of benzene rings is 7. The number of rotatable bonds is 6. The van der Waals surface area contributed by atoms with Crippen molar-refractivity contribution in [2.24, 2.45) is 0 Å². The summed E-state index contributed by atoms with van der Waals surface area (Å²) in [5.41, 5.74) is 16.0. The van der Waals surface area contributed by atoms with E-state index in [0.29, 0.717) is 5.56 Å². The molecule has 0 saturated heterocycles. The highest BCUT2D eigenvalue weighted by Gasteiger charge is 2.23. The molecule has 0 spiro atoms. The summed E-state index contributed by atoms with van der Waals surface area (Å²) in [4.78, 5) is 2.25. The van der Waals surface area contributed by atoms with Crippen LogP contribution in [0.2, 0.25) is 0 Å². The highest BCUT2D eigenvalue weighted by atomic mass is 32.1. The molecule has 0 atom stereocenters. The van der Waals surface area contributed by atoms with Crippen molar-refractivity contribution in [3.8, 4) is 34.0 Å². The van der Waals surface area contributed by atoms with Gasteiger partial charge in [-0.05, 0) is 124 Å². The molecule has 2 aromatic heterocycles. The van der Waals surface area contributed by atoms with Crippen LogP contribution in [-0.2, 0) is 10.8 Å². The maximum atomic E-state index is 9.25. The Kier molecular flexibility index (Phi) is 8.79. The van der Waals surface area contributed by atoms with Gasteiger partial charge in [0.2, 0.25) is 0 Å². The zero-order valence-electron chi connectivity index (χ0n) is 33.1. The van der Waals surface area contributed by atoms with Crippen LogP contribution < -0.4 is 4.90 Å². The quantitative estimate of drug-likeness (QED) is 0.169. The maximum Gasteiger partial charge on any atom is 0.129 e. The molecule has 0 amide bonds. The molecule has 0 aliphatic rings. The average Bonchev–Trinajstić information content (AvgIpc) is 3.85. The second-order valence-corrected chi connectivity index (χ2v) is 17.4. The van der Waals surface area contributed by atoms with Gasteiger partial charge in [-0.25, -0.2) is 0 Å². The van der Waals surface area contributed by atoms with Crippen molar-refractivity contribution >= 4 is 61.6 Å². The van der Waals surface area contributed by atoms with Crippen molar-refractivity contribution in [2.75, 3.05) is 4.90 Å². The number of hydrogen-bond donors (Lipinski definition) is 0. The molecule has 0 bridgehead atoms. The molecule has 0 fully saturated rings. The second kappa shape index (κ2) is 13.9. The second-order valence-electron chi connectivity index (χ2n) is 16.8. The predicted octanol–water partition coefficient (Wildman–Crippen LogP) is 14.1. The van der Waals surface area contributed by atoms with Crippen molar-refractivity contribution in [1.82, 2.24) is 13.3 Å². The molecule has 0 radical (unpaired) electrons. The monoisotopic (exact) mass is 757 g/mol. The van der Waals surface area contributed by atoms with Gasteiger partial charge in [0.1, 0.15) is 11.0 Å². The van der Waals surface area contributed by atoms with E-state index in [2.05, 4.69) is 178 Å². The first-order valence-electron chi connectivity index (χ1n) is 19.4. The largest absolute Gasteiger partial charge is 0.309 e. The molecule has 5 nitrogen and oxygen atoms in total. The lowest BCUT2D eigenvalue weighted by molar-refractivity contribution is 0.590. The Bertz CT molecular complexity index is 2880. The molecule has 278 valence electrons. The van der Waals surface area contributed by atoms with Crippen molar-refractivity contribution in [3.05, 3.63) is 168 Å². The van der Waals surface area contributed by atoms with Gasteiger partial charge in [-0.1, -0.05) is 108 Å². The summed E-state index contributed by atoms with van der Waals surface area (Å²) in [6.45, 7) is 13.7. The maximum absolute atomic E-state index is 9.25. The molecule has 0 aliphatic heterocycles. The van der Waals surface area contributed by atoms with Gasteiger partial charge >= 0.3 is 0 Å². The normalized spacial score (nSPS) is 12.0. The topological polar surface area (TPSA) is 57.7 Å². The van der Waals surface area contributed by atoms with E-state index >= 15 is 0 Å². The van der Waals surface area contributed by atoms with Crippen molar-refractivity contribution < 1.29 is 0 Å². The van der Waals surface area contributed by atoms with Crippen LogP contribution in [0.5, 0.6) is 0 Å².